The van der Waals surface area contributed by atoms with E-state index in [2.05, 4.69) is 15.3 Å². The van der Waals surface area contributed by atoms with Crippen LogP contribution in [-0.2, 0) is 0 Å². The minimum atomic E-state index is -0.929. The number of carbonyl (C=O) groups excluding carboxylic acids is 1. The number of carbonyl (C=O) groups is 1. The zero-order chi connectivity index (χ0) is 13.8. The van der Waals surface area contributed by atoms with Crippen molar-refractivity contribution in [2.75, 3.05) is 25.5 Å². The number of amides is 1. The Morgan fingerprint density at radius 1 is 1.44 bits per heavy atom. The molecule has 0 atom stereocenters. The molecule has 0 radical (unpaired) electrons. The molecule has 6 nitrogen and oxygen atoms in total. The van der Waals surface area contributed by atoms with Crippen LogP contribution in [0.25, 0.3) is 0 Å². The van der Waals surface area contributed by atoms with E-state index >= 15 is 0 Å². The topological polar surface area (TPSA) is 78.4 Å². The van der Waals surface area contributed by atoms with Gasteiger partial charge in [-0.3, -0.25) is 4.79 Å². The lowest BCUT2D eigenvalue weighted by molar-refractivity contribution is 0.0364. The largest absolute Gasteiger partial charge is 0.389 e. The summed E-state index contributed by atoms with van der Waals surface area (Å²) in [5.74, 6) is 0.381. The summed E-state index contributed by atoms with van der Waals surface area (Å²) in [7, 11) is 1.63. The van der Waals surface area contributed by atoms with Crippen molar-refractivity contribution >= 4 is 11.7 Å². The summed E-state index contributed by atoms with van der Waals surface area (Å²) in [6.45, 7) is 6.24. The van der Waals surface area contributed by atoms with Gasteiger partial charge in [0.2, 0.25) is 0 Å². The fourth-order valence-corrected chi connectivity index (χ4v) is 1.56. The van der Waals surface area contributed by atoms with Crippen LogP contribution in [-0.4, -0.2) is 51.6 Å². The monoisotopic (exact) mass is 252 g/mol. The molecule has 0 aliphatic carbocycles. The quantitative estimate of drug-likeness (QED) is 0.808. The molecule has 0 spiro atoms. The first kappa shape index (κ1) is 14.4. The van der Waals surface area contributed by atoms with Gasteiger partial charge in [0.05, 0.1) is 18.0 Å². The van der Waals surface area contributed by atoms with Crippen molar-refractivity contribution in [2.45, 2.75) is 26.4 Å². The van der Waals surface area contributed by atoms with Crippen molar-refractivity contribution in [1.29, 1.82) is 0 Å². The molecule has 18 heavy (non-hydrogen) atoms. The van der Waals surface area contributed by atoms with Crippen LogP contribution in [0.4, 0.5) is 5.82 Å². The van der Waals surface area contributed by atoms with Gasteiger partial charge in [-0.05, 0) is 20.8 Å². The molecule has 0 aliphatic rings. The molecular formula is C12H20N4O2. The standard InChI is InChI=1S/C12H20N4O2/c1-5-13-10-7-14-9(6-15-10)11(17)16(4)8-12(2,3)18/h6-7,18H,5,8H2,1-4H3,(H,13,15). The molecule has 0 saturated carbocycles. The summed E-state index contributed by atoms with van der Waals surface area (Å²) >= 11 is 0. The molecule has 1 aromatic rings. The summed E-state index contributed by atoms with van der Waals surface area (Å²) in [5, 5.41) is 12.7. The van der Waals surface area contributed by atoms with Gasteiger partial charge < -0.3 is 15.3 Å². The number of hydrogen-bond acceptors (Lipinski definition) is 5. The van der Waals surface area contributed by atoms with Crippen molar-refractivity contribution in [3.05, 3.63) is 18.1 Å². The zero-order valence-electron chi connectivity index (χ0n) is 11.3. The Kier molecular flexibility index (Phi) is 4.61. The maximum atomic E-state index is 12.0. The second-order valence-electron chi connectivity index (χ2n) is 4.79. The number of nitrogens with one attached hydrogen (secondary N) is 1. The van der Waals surface area contributed by atoms with Crippen LogP contribution in [0.3, 0.4) is 0 Å². The number of anilines is 1. The summed E-state index contributed by atoms with van der Waals surface area (Å²) in [4.78, 5) is 21.5. The minimum Gasteiger partial charge on any atom is -0.389 e. The van der Waals surface area contributed by atoms with Gasteiger partial charge in [0.15, 0.2) is 0 Å². The van der Waals surface area contributed by atoms with Gasteiger partial charge in [-0.2, -0.15) is 0 Å². The van der Waals surface area contributed by atoms with Gasteiger partial charge in [0, 0.05) is 20.1 Å². The molecular weight excluding hydrogens is 232 g/mol. The van der Waals surface area contributed by atoms with Crippen molar-refractivity contribution in [3.63, 3.8) is 0 Å². The fraction of sp³-hybridized carbons (Fsp3) is 0.583. The number of hydrogen-bond donors (Lipinski definition) is 2. The minimum absolute atomic E-state index is 0.239. The molecule has 0 saturated heterocycles. The van der Waals surface area contributed by atoms with E-state index in [0.29, 0.717) is 5.82 Å². The van der Waals surface area contributed by atoms with Gasteiger partial charge in [0.25, 0.3) is 5.91 Å². The Morgan fingerprint density at radius 2 is 2.11 bits per heavy atom. The lowest BCUT2D eigenvalue weighted by atomic mass is 10.1. The molecule has 100 valence electrons. The highest BCUT2D eigenvalue weighted by molar-refractivity contribution is 5.91. The predicted molar refractivity (Wildman–Crippen MR) is 69.5 cm³/mol. The third kappa shape index (κ3) is 4.29. The molecule has 0 aromatic carbocycles. The van der Waals surface area contributed by atoms with Crippen LogP contribution in [0.2, 0.25) is 0 Å². The SMILES string of the molecule is CCNc1cnc(C(=O)N(C)CC(C)(C)O)cn1. The average Bonchev–Trinajstić information content (AvgIpc) is 2.27. The lowest BCUT2D eigenvalue weighted by Gasteiger charge is -2.25. The van der Waals surface area contributed by atoms with Crippen molar-refractivity contribution in [3.8, 4) is 0 Å². The Labute approximate surface area is 107 Å². The van der Waals surface area contributed by atoms with Gasteiger partial charge in [-0.1, -0.05) is 0 Å². The van der Waals surface area contributed by atoms with Crippen LogP contribution in [0.5, 0.6) is 0 Å². The lowest BCUT2D eigenvalue weighted by Crippen LogP contribution is -2.40. The zero-order valence-corrected chi connectivity index (χ0v) is 11.3. The third-order valence-corrected chi connectivity index (χ3v) is 2.20. The first-order valence-electron chi connectivity index (χ1n) is 5.87. The van der Waals surface area contributed by atoms with Crippen LogP contribution in [0.15, 0.2) is 12.4 Å². The first-order valence-corrected chi connectivity index (χ1v) is 5.87. The van der Waals surface area contributed by atoms with Gasteiger partial charge in [-0.15, -0.1) is 0 Å². The molecule has 0 bridgehead atoms. The first-order chi connectivity index (χ1) is 8.33. The van der Waals surface area contributed by atoms with E-state index in [1.165, 1.54) is 17.3 Å². The van der Waals surface area contributed by atoms with Gasteiger partial charge in [-0.25, -0.2) is 9.97 Å². The Hall–Kier alpha value is -1.69. The second kappa shape index (κ2) is 5.77. The summed E-state index contributed by atoms with van der Waals surface area (Å²) in [6, 6.07) is 0. The summed E-state index contributed by atoms with van der Waals surface area (Å²) in [6.07, 6.45) is 2.95. The van der Waals surface area contributed by atoms with Crippen molar-refractivity contribution in [1.82, 2.24) is 14.9 Å². The maximum absolute atomic E-state index is 12.0. The van der Waals surface area contributed by atoms with Crippen LogP contribution >= 0.6 is 0 Å². The van der Waals surface area contributed by atoms with E-state index in [9.17, 15) is 9.90 Å². The third-order valence-electron chi connectivity index (χ3n) is 2.20. The molecule has 1 rings (SSSR count). The van der Waals surface area contributed by atoms with Crippen molar-refractivity contribution in [2.24, 2.45) is 0 Å². The Morgan fingerprint density at radius 3 is 2.56 bits per heavy atom. The normalized spacial score (nSPS) is 11.2. The van der Waals surface area contributed by atoms with Crippen LogP contribution in [0, 0.1) is 0 Å². The van der Waals surface area contributed by atoms with Crippen molar-refractivity contribution < 1.29 is 9.90 Å². The van der Waals surface area contributed by atoms with Crippen LogP contribution in [0.1, 0.15) is 31.3 Å². The molecule has 2 N–H and O–H groups in total. The maximum Gasteiger partial charge on any atom is 0.273 e. The average molecular weight is 252 g/mol. The Bertz CT molecular complexity index is 398. The number of rotatable bonds is 5. The molecule has 6 heteroatoms. The molecule has 0 fully saturated rings. The summed E-state index contributed by atoms with van der Waals surface area (Å²) in [5.41, 5.74) is -0.662. The van der Waals surface area contributed by atoms with E-state index in [1.54, 1.807) is 20.9 Å². The highest BCUT2D eigenvalue weighted by Crippen LogP contribution is 2.07. The second-order valence-corrected chi connectivity index (χ2v) is 4.79. The van der Waals surface area contributed by atoms with E-state index in [0.717, 1.165) is 6.54 Å². The fourth-order valence-electron chi connectivity index (χ4n) is 1.56. The van der Waals surface area contributed by atoms with E-state index in [-0.39, 0.29) is 18.1 Å². The highest BCUT2D eigenvalue weighted by Gasteiger charge is 2.21. The molecule has 1 heterocycles. The number of aromatic nitrogens is 2. The molecule has 0 unspecified atom stereocenters. The Balaban J connectivity index is 2.72. The molecule has 0 aliphatic heterocycles. The highest BCUT2D eigenvalue weighted by atomic mass is 16.3. The molecule has 1 amide bonds. The van der Waals surface area contributed by atoms with E-state index in [4.69, 9.17) is 0 Å². The van der Waals surface area contributed by atoms with Gasteiger partial charge in [0.1, 0.15) is 11.5 Å². The smallest absolute Gasteiger partial charge is 0.273 e. The molecule has 1 aromatic heterocycles. The predicted octanol–water partition coefficient (Wildman–Crippen LogP) is 0.751. The van der Waals surface area contributed by atoms with E-state index in [1.807, 2.05) is 6.92 Å². The van der Waals surface area contributed by atoms with Crippen LogP contribution < -0.4 is 5.32 Å². The number of nitrogens with zero attached hydrogens (tertiary/aromatic N) is 3. The number of likely N-dealkylation sites (N-methyl/N-ethyl adjacent to an activating group) is 1. The summed E-state index contributed by atoms with van der Waals surface area (Å²) < 4.78 is 0. The number of aliphatic hydroxyl groups is 1. The van der Waals surface area contributed by atoms with Gasteiger partial charge >= 0.3 is 0 Å². The van der Waals surface area contributed by atoms with E-state index < -0.39 is 5.60 Å².